The molecule has 1 N–H and O–H groups in total. The van der Waals surface area contributed by atoms with Crippen LogP contribution in [-0.2, 0) is 4.79 Å². The number of rotatable bonds is 6. The van der Waals surface area contributed by atoms with Crippen molar-refractivity contribution in [3.05, 3.63) is 65.6 Å². The number of carbonyl (C=O) groups is 1. The lowest BCUT2D eigenvalue weighted by Gasteiger charge is -2.06. The van der Waals surface area contributed by atoms with E-state index in [1.54, 1.807) is 11.0 Å². The van der Waals surface area contributed by atoms with E-state index in [9.17, 15) is 4.79 Å². The first-order valence-electron chi connectivity index (χ1n) is 8.59. The molecule has 0 aliphatic carbocycles. The quantitative estimate of drug-likeness (QED) is 0.488. The predicted molar refractivity (Wildman–Crippen MR) is 112 cm³/mol. The minimum Gasteiger partial charge on any atom is -0.301 e. The Kier molecular flexibility index (Phi) is 5.27. The average molecular weight is 411 g/mol. The van der Waals surface area contributed by atoms with Gasteiger partial charge in [-0.2, -0.15) is 0 Å². The van der Waals surface area contributed by atoms with Gasteiger partial charge in [-0.25, -0.2) is 9.66 Å². The molecule has 0 aliphatic rings. The van der Waals surface area contributed by atoms with Crippen LogP contribution in [-0.4, -0.2) is 36.2 Å². The summed E-state index contributed by atoms with van der Waals surface area (Å²) < 4.78 is 3.62. The van der Waals surface area contributed by atoms with Crippen molar-refractivity contribution in [2.75, 3.05) is 11.1 Å². The third kappa shape index (κ3) is 4.00. The molecule has 0 aliphatic heterocycles. The summed E-state index contributed by atoms with van der Waals surface area (Å²) in [6.45, 7) is 4.12. The molecule has 0 atom stereocenters. The number of hydrogen-bond donors (Lipinski definition) is 1. The topological polar surface area (TPSA) is 77.6 Å². The van der Waals surface area contributed by atoms with E-state index in [-0.39, 0.29) is 11.7 Å². The summed E-state index contributed by atoms with van der Waals surface area (Å²) in [5, 5.41) is 14.1. The number of nitrogens with zero attached hydrogens (tertiary/aromatic N) is 5. The van der Waals surface area contributed by atoms with Gasteiger partial charge in [-0.05, 0) is 37.6 Å². The molecule has 0 radical (unpaired) electrons. The van der Waals surface area contributed by atoms with Crippen molar-refractivity contribution in [3.63, 3.8) is 0 Å². The first-order valence-corrected chi connectivity index (χ1v) is 10.5. The SMILES string of the molecule is Cc1ccc(C)c(-c2csc(NC(=O)CSc3nncn3-n3cccc3)n2)c1. The molecule has 4 rings (SSSR count). The lowest BCUT2D eigenvalue weighted by atomic mass is 10.0. The summed E-state index contributed by atoms with van der Waals surface area (Å²) in [6, 6.07) is 10.1. The zero-order valence-electron chi connectivity index (χ0n) is 15.4. The maximum atomic E-state index is 12.3. The number of anilines is 1. The normalized spacial score (nSPS) is 10.9. The molecule has 3 aromatic heterocycles. The number of thiazole rings is 1. The van der Waals surface area contributed by atoms with Gasteiger partial charge in [0.25, 0.3) is 0 Å². The van der Waals surface area contributed by atoms with Crippen LogP contribution in [0.3, 0.4) is 0 Å². The van der Waals surface area contributed by atoms with E-state index in [4.69, 9.17) is 0 Å². The highest BCUT2D eigenvalue weighted by atomic mass is 32.2. The van der Waals surface area contributed by atoms with Gasteiger partial charge in [-0.3, -0.25) is 9.47 Å². The Morgan fingerprint density at radius 1 is 1.25 bits per heavy atom. The summed E-state index contributed by atoms with van der Waals surface area (Å²) in [4.78, 5) is 16.9. The Morgan fingerprint density at radius 2 is 2.07 bits per heavy atom. The Morgan fingerprint density at radius 3 is 2.89 bits per heavy atom. The summed E-state index contributed by atoms with van der Waals surface area (Å²) in [5.74, 6) is 0.0900. The number of thioether (sulfide) groups is 1. The van der Waals surface area contributed by atoms with Crippen molar-refractivity contribution in [2.45, 2.75) is 19.0 Å². The Bertz CT molecular complexity index is 1100. The summed E-state index contributed by atoms with van der Waals surface area (Å²) in [5.41, 5.74) is 4.31. The molecule has 1 amide bonds. The average Bonchev–Trinajstić information content (AvgIpc) is 3.43. The zero-order chi connectivity index (χ0) is 19.5. The van der Waals surface area contributed by atoms with Gasteiger partial charge in [0, 0.05) is 23.3 Å². The summed E-state index contributed by atoms with van der Waals surface area (Å²) >= 11 is 2.74. The van der Waals surface area contributed by atoms with Gasteiger partial charge in [0.1, 0.15) is 6.33 Å². The van der Waals surface area contributed by atoms with E-state index in [1.807, 2.05) is 34.6 Å². The fraction of sp³-hybridized carbons (Fsp3) is 0.158. The Balaban J connectivity index is 1.40. The van der Waals surface area contributed by atoms with Gasteiger partial charge in [0.15, 0.2) is 5.13 Å². The molecule has 142 valence electrons. The molecule has 3 heterocycles. The van der Waals surface area contributed by atoms with Gasteiger partial charge in [-0.1, -0.05) is 29.5 Å². The molecule has 0 fully saturated rings. The molecule has 4 aromatic rings. The summed E-state index contributed by atoms with van der Waals surface area (Å²) in [6.07, 6.45) is 5.38. The Labute approximate surface area is 170 Å². The van der Waals surface area contributed by atoms with E-state index >= 15 is 0 Å². The first-order chi connectivity index (χ1) is 13.6. The number of aryl methyl sites for hydroxylation is 2. The van der Waals surface area contributed by atoms with E-state index in [0.29, 0.717) is 10.3 Å². The first kappa shape index (κ1) is 18.5. The second-order valence-electron chi connectivity index (χ2n) is 6.21. The highest BCUT2D eigenvalue weighted by Crippen LogP contribution is 2.28. The van der Waals surface area contributed by atoms with Crippen molar-refractivity contribution in [1.29, 1.82) is 0 Å². The third-order valence-corrected chi connectivity index (χ3v) is 5.78. The standard InChI is InChI=1S/C19H18N6OS2/c1-13-5-6-14(2)15(9-13)16-10-27-18(21-16)22-17(26)11-28-19-23-20-12-25(19)24-7-3-4-8-24/h3-10,12H,11H2,1-2H3,(H,21,22,26). The smallest absolute Gasteiger partial charge is 0.236 e. The van der Waals surface area contributed by atoms with Gasteiger partial charge < -0.3 is 5.32 Å². The van der Waals surface area contributed by atoms with Gasteiger partial charge in [-0.15, -0.1) is 21.5 Å². The van der Waals surface area contributed by atoms with Crippen molar-refractivity contribution < 1.29 is 4.79 Å². The van der Waals surface area contributed by atoms with E-state index < -0.39 is 0 Å². The monoisotopic (exact) mass is 410 g/mol. The minimum atomic E-state index is -0.131. The molecular weight excluding hydrogens is 392 g/mol. The van der Waals surface area contributed by atoms with Crippen LogP contribution in [0.25, 0.3) is 11.3 Å². The number of hydrogen-bond acceptors (Lipinski definition) is 6. The predicted octanol–water partition coefficient (Wildman–Crippen LogP) is 3.86. The maximum Gasteiger partial charge on any atom is 0.236 e. The van der Waals surface area contributed by atoms with Crippen LogP contribution in [0.1, 0.15) is 11.1 Å². The molecule has 9 heteroatoms. The number of aromatic nitrogens is 5. The van der Waals surface area contributed by atoms with E-state index in [0.717, 1.165) is 16.8 Å². The van der Waals surface area contributed by atoms with Crippen LogP contribution < -0.4 is 5.32 Å². The van der Waals surface area contributed by atoms with Crippen molar-refractivity contribution in [1.82, 2.24) is 24.5 Å². The fourth-order valence-corrected chi connectivity index (χ4v) is 4.13. The number of benzene rings is 1. The molecular formula is C19H18N6OS2. The molecule has 1 aromatic carbocycles. The van der Waals surface area contributed by atoms with Crippen LogP contribution in [0, 0.1) is 13.8 Å². The van der Waals surface area contributed by atoms with Crippen LogP contribution >= 0.6 is 23.1 Å². The van der Waals surface area contributed by atoms with Crippen molar-refractivity contribution in [3.8, 4) is 11.3 Å². The Hall–Kier alpha value is -2.91. The highest BCUT2D eigenvalue weighted by Gasteiger charge is 2.13. The van der Waals surface area contributed by atoms with Crippen molar-refractivity contribution in [2.24, 2.45) is 0 Å². The molecule has 0 bridgehead atoms. The number of carbonyl (C=O) groups excluding carboxylic acids is 1. The van der Waals surface area contributed by atoms with Crippen LogP contribution in [0.4, 0.5) is 5.13 Å². The molecule has 7 nitrogen and oxygen atoms in total. The van der Waals surface area contributed by atoms with Crippen LogP contribution in [0.15, 0.2) is 59.6 Å². The zero-order valence-corrected chi connectivity index (χ0v) is 17.0. The minimum absolute atomic E-state index is 0.131. The molecule has 28 heavy (non-hydrogen) atoms. The van der Waals surface area contributed by atoms with Crippen LogP contribution in [0.2, 0.25) is 0 Å². The highest BCUT2D eigenvalue weighted by molar-refractivity contribution is 7.99. The van der Waals surface area contributed by atoms with Gasteiger partial charge >= 0.3 is 0 Å². The maximum absolute atomic E-state index is 12.3. The lowest BCUT2D eigenvalue weighted by Crippen LogP contribution is -2.15. The second kappa shape index (κ2) is 7.99. The van der Waals surface area contributed by atoms with Gasteiger partial charge in [0.2, 0.25) is 11.1 Å². The van der Waals surface area contributed by atoms with Gasteiger partial charge in [0.05, 0.1) is 11.4 Å². The molecule has 0 saturated carbocycles. The summed E-state index contributed by atoms with van der Waals surface area (Å²) in [7, 11) is 0. The fourth-order valence-electron chi connectivity index (χ4n) is 2.69. The van der Waals surface area contributed by atoms with E-state index in [1.165, 1.54) is 28.7 Å². The molecule has 0 saturated heterocycles. The van der Waals surface area contributed by atoms with E-state index in [2.05, 4.69) is 52.5 Å². The largest absolute Gasteiger partial charge is 0.301 e. The third-order valence-electron chi connectivity index (χ3n) is 4.09. The second-order valence-corrected chi connectivity index (χ2v) is 8.01. The number of amides is 1. The molecule has 0 unspecified atom stereocenters. The van der Waals surface area contributed by atoms with Crippen molar-refractivity contribution >= 4 is 34.1 Å². The number of nitrogens with one attached hydrogen (secondary N) is 1. The molecule has 0 spiro atoms. The lowest BCUT2D eigenvalue weighted by molar-refractivity contribution is -0.113. The van der Waals surface area contributed by atoms with Crippen LogP contribution in [0.5, 0.6) is 0 Å².